The second kappa shape index (κ2) is 6.15. The highest BCUT2D eigenvalue weighted by molar-refractivity contribution is 5.52. The van der Waals surface area contributed by atoms with Gasteiger partial charge in [-0.3, -0.25) is 0 Å². The largest absolute Gasteiger partial charge is 0.496 e. The van der Waals surface area contributed by atoms with Crippen LogP contribution in [-0.4, -0.2) is 21.3 Å². The van der Waals surface area contributed by atoms with E-state index in [0.29, 0.717) is 5.92 Å². The smallest absolute Gasteiger partial charge is 0.131 e. The molecule has 2 rings (SSSR count). The molecule has 0 saturated heterocycles. The quantitative estimate of drug-likeness (QED) is 0.889. The van der Waals surface area contributed by atoms with Crippen LogP contribution in [0.25, 0.3) is 0 Å². The fourth-order valence-corrected chi connectivity index (χ4v) is 2.91. The van der Waals surface area contributed by atoms with Crippen molar-refractivity contribution in [3.8, 4) is 17.2 Å². The van der Waals surface area contributed by atoms with Crippen molar-refractivity contribution >= 4 is 0 Å². The van der Waals surface area contributed by atoms with Crippen LogP contribution in [0.4, 0.5) is 0 Å². The molecule has 1 aromatic carbocycles. The minimum atomic E-state index is -0.0432. The average molecular weight is 265 g/mol. The minimum Gasteiger partial charge on any atom is -0.496 e. The molecule has 0 spiro atoms. The highest BCUT2D eigenvalue weighted by Crippen LogP contribution is 2.43. The van der Waals surface area contributed by atoms with Gasteiger partial charge in [-0.15, -0.1) is 0 Å². The fraction of sp³-hybridized carbons (Fsp3) is 0.600. The molecule has 2 N–H and O–H groups in total. The minimum absolute atomic E-state index is 0.0432. The van der Waals surface area contributed by atoms with Crippen LogP contribution in [0.1, 0.15) is 37.3 Å². The van der Waals surface area contributed by atoms with Crippen molar-refractivity contribution in [3.05, 3.63) is 17.7 Å². The first-order chi connectivity index (χ1) is 9.21. The van der Waals surface area contributed by atoms with E-state index in [4.69, 9.17) is 19.9 Å². The van der Waals surface area contributed by atoms with Gasteiger partial charge >= 0.3 is 0 Å². The van der Waals surface area contributed by atoms with Crippen molar-refractivity contribution in [1.29, 1.82) is 0 Å². The maximum atomic E-state index is 6.44. The monoisotopic (exact) mass is 265 g/mol. The standard InChI is InChI=1S/C15H23NO3/c1-17-11-8-12(18-2)14(13(9-11)19-3)15(16)10-6-4-5-7-10/h8-10,15H,4-7,16H2,1-3H3. The number of methoxy groups -OCH3 is 3. The Morgan fingerprint density at radius 1 is 1.00 bits per heavy atom. The molecule has 1 unspecified atom stereocenters. The molecule has 19 heavy (non-hydrogen) atoms. The Bertz CT molecular complexity index is 402. The van der Waals surface area contributed by atoms with Gasteiger partial charge in [-0.1, -0.05) is 12.8 Å². The van der Waals surface area contributed by atoms with Gasteiger partial charge in [0.25, 0.3) is 0 Å². The first-order valence-corrected chi connectivity index (χ1v) is 6.76. The molecule has 0 aliphatic heterocycles. The zero-order valence-electron chi connectivity index (χ0n) is 11.9. The van der Waals surface area contributed by atoms with Gasteiger partial charge in [0.05, 0.1) is 26.9 Å². The summed E-state index contributed by atoms with van der Waals surface area (Å²) >= 11 is 0. The van der Waals surface area contributed by atoms with E-state index in [2.05, 4.69) is 0 Å². The molecular formula is C15H23NO3. The van der Waals surface area contributed by atoms with E-state index in [0.717, 1.165) is 22.8 Å². The Balaban J connectivity index is 2.40. The molecule has 1 aromatic rings. The molecule has 0 bridgehead atoms. The van der Waals surface area contributed by atoms with Gasteiger partial charge < -0.3 is 19.9 Å². The Labute approximate surface area is 114 Å². The Kier molecular flexibility index (Phi) is 4.53. The maximum absolute atomic E-state index is 6.44. The van der Waals surface area contributed by atoms with Crippen LogP contribution in [0.3, 0.4) is 0 Å². The summed E-state index contributed by atoms with van der Waals surface area (Å²) in [6, 6.07) is 3.69. The first-order valence-electron chi connectivity index (χ1n) is 6.76. The Morgan fingerprint density at radius 2 is 1.53 bits per heavy atom. The lowest BCUT2D eigenvalue weighted by Crippen LogP contribution is -2.20. The van der Waals surface area contributed by atoms with Gasteiger partial charge in [0, 0.05) is 18.2 Å². The average Bonchev–Trinajstić information content (AvgIpc) is 2.99. The molecular weight excluding hydrogens is 242 g/mol. The van der Waals surface area contributed by atoms with Gasteiger partial charge in [-0.2, -0.15) is 0 Å². The summed E-state index contributed by atoms with van der Waals surface area (Å²) < 4.78 is 16.2. The third-order valence-electron chi connectivity index (χ3n) is 3.99. The number of rotatable bonds is 5. The van der Waals surface area contributed by atoms with E-state index < -0.39 is 0 Å². The van der Waals surface area contributed by atoms with E-state index in [-0.39, 0.29) is 6.04 Å². The number of hydrogen-bond donors (Lipinski definition) is 1. The Hall–Kier alpha value is -1.42. The maximum Gasteiger partial charge on any atom is 0.131 e. The van der Waals surface area contributed by atoms with Crippen LogP contribution >= 0.6 is 0 Å². The molecule has 0 radical (unpaired) electrons. The summed E-state index contributed by atoms with van der Waals surface area (Å²) in [6.07, 6.45) is 4.89. The Morgan fingerprint density at radius 3 is 1.95 bits per heavy atom. The van der Waals surface area contributed by atoms with Gasteiger partial charge in [0.2, 0.25) is 0 Å². The summed E-state index contributed by atoms with van der Waals surface area (Å²) in [6.45, 7) is 0. The summed E-state index contributed by atoms with van der Waals surface area (Å²) in [5.41, 5.74) is 7.40. The molecule has 0 amide bonds. The third kappa shape index (κ3) is 2.78. The number of nitrogens with two attached hydrogens (primary N) is 1. The van der Waals surface area contributed by atoms with Crippen molar-refractivity contribution in [2.75, 3.05) is 21.3 Å². The zero-order chi connectivity index (χ0) is 13.8. The summed E-state index contributed by atoms with van der Waals surface area (Å²) in [5, 5.41) is 0. The van der Waals surface area contributed by atoms with Crippen molar-refractivity contribution in [1.82, 2.24) is 0 Å². The number of hydrogen-bond acceptors (Lipinski definition) is 4. The van der Waals surface area contributed by atoms with Gasteiger partial charge in [0.1, 0.15) is 17.2 Å². The molecule has 106 valence electrons. The van der Waals surface area contributed by atoms with E-state index in [1.165, 1.54) is 25.7 Å². The molecule has 1 atom stereocenters. The highest BCUT2D eigenvalue weighted by Gasteiger charge is 2.28. The van der Waals surface area contributed by atoms with E-state index in [1.807, 2.05) is 12.1 Å². The third-order valence-corrected chi connectivity index (χ3v) is 3.99. The zero-order valence-corrected chi connectivity index (χ0v) is 11.9. The van der Waals surface area contributed by atoms with Crippen LogP contribution in [-0.2, 0) is 0 Å². The van der Waals surface area contributed by atoms with Crippen molar-refractivity contribution in [3.63, 3.8) is 0 Å². The van der Waals surface area contributed by atoms with Gasteiger partial charge in [-0.05, 0) is 18.8 Å². The van der Waals surface area contributed by atoms with Crippen LogP contribution in [0.2, 0.25) is 0 Å². The van der Waals surface area contributed by atoms with Crippen molar-refractivity contribution < 1.29 is 14.2 Å². The number of ether oxygens (including phenoxy) is 3. The molecule has 1 aliphatic carbocycles. The summed E-state index contributed by atoms with van der Waals surface area (Å²) in [7, 11) is 4.93. The lowest BCUT2D eigenvalue weighted by Gasteiger charge is -2.24. The summed E-state index contributed by atoms with van der Waals surface area (Å²) in [5.74, 6) is 2.72. The highest BCUT2D eigenvalue weighted by atomic mass is 16.5. The molecule has 0 heterocycles. The van der Waals surface area contributed by atoms with Crippen LogP contribution in [0.15, 0.2) is 12.1 Å². The van der Waals surface area contributed by atoms with Gasteiger partial charge in [0.15, 0.2) is 0 Å². The van der Waals surface area contributed by atoms with Crippen LogP contribution in [0, 0.1) is 5.92 Å². The van der Waals surface area contributed by atoms with Crippen molar-refractivity contribution in [2.24, 2.45) is 11.7 Å². The topological polar surface area (TPSA) is 53.7 Å². The predicted octanol–water partition coefficient (Wildman–Crippen LogP) is 2.90. The van der Waals surface area contributed by atoms with Crippen LogP contribution in [0.5, 0.6) is 17.2 Å². The second-order valence-electron chi connectivity index (χ2n) is 5.02. The second-order valence-corrected chi connectivity index (χ2v) is 5.02. The fourth-order valence-electron chi connectivity index (χ4n) is 2.91. The predicted molar refractivity (Wildman–Crippen MR) is 75.0 cm³/mol. The molecule has 1 saturated carbocycles. The van der Waals surface area contributed by atoms with E-state index in [1.54, 1.807) is 21.3 Å². The molecule has 1 fully saturated rings. The first kappa shape index (κ1) is 14.0. The molecule has 4 heteroatoms. The molecule has 1 aliphatic rings. The normalized spacial score (nSPS) is 17.3. The number of benzene rings is 1. The summed E-state index contributed by atoms with van der Waals surface area (Å²) in [4.78, 5) is 0. The lowest BCUT2D eigenvalue weighted by atomic mass is 9.91. The molecule has 4 nitrogen and oxygen atoms in total. The SMILES string of the molecule is COc1cc(OC)c(C(N)C2CCCC2)c(OC)c1. The molecule has 0 aromatic heterocycles. The van der Waals surface area contributed by atoms with E-state index >= 15 is 0 Å². The van der Waals surface area contributed by atoms with Crippen molar-refractivity contribution in [2.45, 2.75) is 31.7 Å². The van der Waals surface area contributed by atoms with Crippen LogP contribution < -0.4 is 19.9 Å². The van der Waals surface area contributed by atoms with E-state index in [9.17, 15) is 0 Å². The lowest BCUT2D eigenvalue weighted by molar-refractivity contribution is 0.348. The van der Waals surface area contributed by atoms with Gasteiger partial charge in [-0.25, -0.2) is 0 Å².